The van der Waals surface area contributed by atoms with Crippen LogP contribution in [0.15, 0.2) is 285 Å². The molecule has 0 aliphatic carbocycles. The maximum atomic E-state index is 2.37. The minimum absolute atomic E-state index is 1.08. The third kappa shape index (κ3) is 8.18. The van der Waals surface area contributed by atoms with Gasteiger partial charge in [0.25, 0.3) is 0 Å². The van der Waals surface area contributed by atoms with E-state index in [9.17, 15) is 0 Å². The van der Waals surface area contributed by atoms with Gasteiger partial charge < -0.3 is 4.90 Å². The van der Waals surface area contributed by atoms with Crippen LogP contribution in [0.3, 0.4) is 0 Å². The summed E-state index contributed by atoms with van der Waals surface area (Å²) in [5, 5.41) is 5.07. The Bertz CT molecular complexity index is 3720. The molecule has 0 aromatic heterocycles. The predicted molar refractivity (Wildman–Crippen MR) is 294 cm³/mol. The number of benzene rings is 12. The topological polar surface area (TPSA) is 3.24 Å². The molecule has 0 fully saturated rings. The molecule has 0 unspecified atom stereocenters. The Morgan fingerprint density at radius 2 is 0.478 bits per heavy atom. The van der Waals surface area contributed by atoms with E-state index in [0.29, 0.717) is 0 Å². The highest BCUT2D eigenvalue weighted by Gasteiger charge is 2.18. The maximum absolute atomic E-state index is 2.37. The van der Waals surface area contributed by atoms with Crippen LogP contribution in [0.2, 0.25) is 0 Å². The SMILES string of the molecule is c1ccc(-c2ccc(-c3ccc(N(c4ccc(-c5ccc6c(ccc7ccccc76)c5)cc4)c4ccc(-c5ccccc5-c5ccccc5-c5ccccc5-c5ccccc5)cc4)cc3)cc2)cc1. The number of hydrogen-bond donors (Lipinski definition) is 0. The first-order chi connectivity index (χ1) is 34.2. The van der Waals surface area contributed by atoms with E-state index in [0.717, 1.165) is 22.6 Å². The van der Waals surface area contributed by atoms with E-state index in [4.69, 9.17) is 0 Å². The molecule has 12 aromatic carbocycles. The molecule has 0 spiro atoms. The van der Waals surface area contributed by atoms with Crippen molar-refractivity contribution in [3.63, 3.8) is 0 Å². The molecule has 0 N–H and O–H groups in total. The molecule has 0 saturated carbocycles. The molecule has 0 aliphatic rings. The third-order valence-corrected chi connectivity index (χ3v) is 13.5. The van der Waals surface area contributed by atoms with E-state index in [1.54, 1.807) is 0 Å². The lowest BCUT2D eigenvalue weighted by molar-refractivity contribution is 1.28. The quantitative estimate of drug-likeness (QED) is 0.124. The van der Waals surface area contributed by atoms with E-state index in [1.165, 1.54) is 93.9 Å². The van der Waals surface area contributed by atoms with Crippen LogP contribution in [-0.4, -0.2) is 0 Å². The van der Waals surface area contributed by atoms with Crippen LogP contribution in [0, 0.1) is 0 Å². The monoisotopic (exact) mass is 877 g/mol. The highest BCUT2D eigenvalue weighted by atomic mass is 15.1. The first-order valence-corrected chi connectivity index (χ1v) is 23.7. The van der Waals surface area contributed by atoms with Gasteiger partial charge >= 0.3 is 0 Å². The number of rotatable bonds is 10. The van der Waals surface area contributed by atoms with Crippen LogP contribution in [0.1, 0.15) is 0 Å². The van der Waals surface area contributed by atoms with Gasteiger partial charge in [-0.15, -0.1) is 0 Å². The average molecular weight is 878 g/mol. The van der Waals surface area contributed by atoms with E-state index in [2.05, 4.69) is 290 Å². The zero-order valence-electron chi connectivity index (χ0n) is 38.1. The minimum Gasteiger partial charge on any atom is -0.311 e. The van der Waals surface area contributed by atoms with Crippen LogP contribution in [0.5, 0.6) is 0 Å². The smallest absolute Gasteiger partial charge is 0.0462 e. The molecule has 12 aromatic rings. The molecular weight excluding hydrogens is 831 g/mol. The van der Waals surface area contributed by atoms with Crippen molar-refractivity contribution in [2.24, 2.45) is 0 Å². The lowest BCUT2D eigenvalue weighted by atomic mass is 9.87. The zero-order chi connectivity index (χ0) is 45.9. The normalized spacial score (nSPS) is 11.2. The van der Waals surface area contributed by atoms with Gasteiger partial charge in [-0.25, -0.2) is 0 Å². The molecule has 0 aliphatic heterocycles. The maximum Gasteiger partial charge on any atom is 0.0462 e. The predicted octanol–water partition coefficient (Wildman–Crippen LogP) is 19.1. The molecule has 69 heavy (non-hydrogen) atoms. The fourth-order valence-electron chi connectivity index (χ4n) is 10.0. The van der Waals surface area contributed by atoms with Gasteiger partial charge in [-0.3, -0.25) is 0 Å². The summed E-state index contributed by atoms with van der Waals surface area (Å²) in [6.45, 7) is 0. The summed E-state index contributed by atoms with van der Waals surface area (Å²) in [5.41, 5.74) is 20.1. The van der Waals surface area contributed by atoms with Crippen molar-refractivity contribution in [3.8, 4) is 77.9 Å². The second kappa shape index (κ2) is 18.3. The van der Waals surface area contributed by atoms with E-state index in [-0.39, 0.29) is 0 Å². The van der Waals surface area contributed by atoms with Crippen LogP contribution in [0.4, 0.5) is 17.1 Å². The second-order valence-electron chi connectivity index (χ2n) is 17.6. The zero-order valence-corrected chi connectivity index (χ0v) is 38.1. The summed E-state index contributed by atoms with van der Waals surface area (Å²) < 4.78 is 0. The largest absolute Gasteiger partial charge is 0.311 e. The number of fused-ring (bicyclic) bond motifs is 3. The van der Waals surface area contributed by atoms with Crippen LogP contribution >= 0.6 is 0 Å². The minimum atomic E-state index is 1.08. The van der Waals surface area contributed by atoms with Crippen molar-refractivity contribution < 1.29 is 0 Å². The van der Waals surface area contributed by atoms with Crippen molar-refractivity contribution in [2.75, 3.05) is 4.90 Å². The summed E-state index contributed by atoms with van der Waals surface area (Å²) in [7, 11) is 0. The molecule has 1 heteroatoms. The standard InChI is InChI=1S/C68H47N/c1-3-15-48(16-4-1)49-27-29-50(30-28-49)51-33-40-58(41-34-51)69(59-42-35-52(36-43-59)56-39-46-64-57(47-56)32-31-54-19-7-8-20-61(54)64)60-44-37-55(38-45-60)63-22-10-12-24-66(63)68-26-14-13-25-67(68)65-23-11-9-21-62(65)53-17-5-2-6-18-53/h1-47H. The van der Waals surface area contributed by atoms with Crippen molar-refractivity contribution in [3.05, 3.63) is 285 Å². The van der Waals surface area contributed by atoms with Gasteiger partial charge in [0.05, 0.1) is 0 Å². The second-order valence-corrected chi connectivity index (χ2v) is 17.6. The molecule has 0 atom stereocenters. The highest BCUT2D eigenvalue weighted by Crippen LogP contribution is 2.43. The van der Waals surface area contributed by atoms with E-state index >= 15 is 0 Å². The van der Waals surface area contributed by atoms with E-state index in [1.807, 2.05) is 0 Å². The number of hydrogen-bond acceptors (Lipinski definition) is 1. The van der Waals surface area contributed by atoms with Gasteiger partial charge in [0.2, 0.25) is 0 Å². The summed E-state index contributed by atoms with van der Waals surface area (Å²) in [6.07, 6.45) is 0. The summed E-state index contributed by atoms with van der Waals surface area (Å²) in [4.78, 5) is 2.37. The number of anilines is 3. The van der Waals surface area contributed by atoms with E-state index < -0.39 is 0 Å². The molecular formula is C68H47N. The Kier molecular flexibility index (Phi) is 11.0. The Hall–Kier alpha value is -9.04. The summed E-state index contributed by atoms with van der Waals surface area (Å²) in [5.74, 6) is 0. The average Bonchev–Trinajstić information content (AvgIpc) is 3.44. The van der Waals surface area contributed by atoms with Gasteiger partial charge in [0.1, 0.15) is 0 Å². The van der Waals surface area contributed by atoms with Gasteiger partial charge in [-0.1, -0.05) is 243 Å². The van der Waals surface area contributed by atoms with Crippen molar-refractivity contribution in [1.82, 2.24) is 0 Å². The molecule has 1 nitrogen and oxygen atoms in total. The first kappa shape index (κ1) is 41.4. The fraction of sp³-hybridized carbons (Fsp3) is 0. The third-order valence-electron chi connectivity index (χ3n) is 13.5. The Balaban J connectivity index is 0.904. The van der Waals surface area contributed by atoms with Gasteiger partial charge in [0, 0.05) is 17.1 Å². The van der Waals surface area contributed by atoms with Crippen LogP contribution in [0.25, 0.3) is 99.4 Å². The van der Waals surface area contributed by atoms with Crippen LogP contribution in [-0.2, 0) is 0 Å². The number of nitrogens with zero attached hydrogens (tertiary/aromatic N) is 1. The molecule has 0 amide bonds. The molecule has 324 valence electrons. The van der Waals surface area contributed by atoms with Gasteiger partial charge in [-0.05, 0) is 142 Å². The lowest BCUT2D eigenvalue weighted by Gasteiger charge is -2.26. The first-order valence-electron chi connectivity index (χ1n) is 23.7. The fourth-order valence-corrected chi connectivity index (χ4v) is 10.0. The molecule has 0 heterocycles. The highest BCUT2D eigenvalue weighted by molar-refractivity contribution is 6.08. The summed E-state index contributed by atoms with van der Waals surface area (Å²) >= 11 is 0. The lowest BCUT2D eigenvalue weighted by Crippen LogP contribution is -2.09. The van der Waals surface area contributed by atoms with Gasteiger partial charge in [0.15, 0.2) is 0 Å². The van der Waals surface area contributed by atoms with Crippen molar-refractivity contribution >= 4 is 38.6 Å². The molecule has 12 rings (SSSR count). The Morgan fingerprint density at radius 3 is 0.986 bits per heavy atom. The van der Waals surface area contributed by atoms with Gasteiger partial charge in [-0.2, -0.15) is 0 Å². The Labute approximate surface area is 404 Å². The molecule has 0 saturated heterocycles. The molecule has 0 bridgehead atoms. The van der Waals surface area contributed by atoms with Crippen molar-refractivity contribution in [1.29, 1.82) is 0 Å². The van der Waals surface area contributed by atoms with Crippen LogP contribution < -0.4 is 4.90 Å². The molecule has 0 radical (unpaired) electrons. The van der Waals surface area contributed by atoms with Crippen molar-refractivity contribution in [2.45, 2.75) is 0 Å². The summed E-state index contributed by atoms with van der Waals surface area (Å²) in [6, 6.07) is 104. The Morgan fingerprint density at radius 1 is 0.174 bits per heavy atom.